The van der Waals surface area contributed by atoms with Crippen LogP contribution in [-0.2, 0) is 9.53 Å². The van der Waals surface area contributed by atoms with Crippen molar-refractivity contribution >= 4 is 11.9 Å². The van der Waals surface area contributed by atoms with Gasteiger partial charge in [-0.15, -0.1) is 0 Å². The standard InChI is InChI=1S/C17H21F2NO5/c1-4-24-12-9-17(14(22)23,16(12,2)3)20-13(21)10-6-5-7-11(8-10)25-15(18)19/h5-8,12,15H,4,9H2,1-3H3,(H,20,21)(H,22,23). The van der Waals surface area contributed by atoms with Gasteiger partial charge in [-0.25, -0.2) is 4.79 Å². The van der Waals surface area contributed by atoms with Crippen molar-refractivity contribution in [2.45, 2.75) is 45.4 Å². The molecule has 2 N–H and O–H groups in total. The third-order valence-corrected chi connectivity index (χ3v) is 4.78. The zero-order valence-corrected chi connectivity index (χ0v) is 14.2. The van der Waals surface area contributed by atoms with Crippen molar-refractivity contribution in [1.82, 2.24) is 5.32 Å². The number of halogens is 2. The molecule has 2 unspecified atom stereocenters. The summed E-state index contributed by atoms with van der Waals surface area (Å²) in [4.78, 5) is 24.3. The Bertz CT molecular complexity index is 664. The first-order valence-electron chi connectivity index (χ1n) is 7.86. The monoisotopic (exact) mass is 357 g/mol. The number of hydrogen-bond acceptors (Lipinski definition) is 4. The SMILES string of the molecule is CCOC1CC(NC(=O)c2cccc(OC(F)F)c2)(C(=O)O)C1(C)C. The number of carboxylic acid groups (broad SMARTS) is 1. The Morgan fingerprint density at radius 1 is 1.40 bits per heavy atom. The van der Waals surface area contributed by atoms with Gasteiger partial charge in [0, 0.05) is 24.0 Å². The van der Waals surface area contributed by atoms with Gasteiger partial charge in [0.25, 0.3) is 5.91 Å². The summed E-state index contributed by atoms with van der Waals surface area (Å²) in [7, 11) is 0. The van der Waals surface area contributed by atoms with Crippen LogP contribution in [0, 0.1) is 5.41 Å². The molecule has 25 heavy (non-hydrogen) atoms. The van der Waals surface area contributed by atoms with Crippen molar-refractivity contribution < 1.29 is 33.0 Å². The minimum Gasteiger partial charge on any atom is -0.479 e. The normalized spacial score (nSPS) is 24.5. The largest absolute Gasteiger partial charge is 0.479 e. The van der Waals surface area contributed by atoms with Crippen LogP contribution in [0.5, 0.6) is 5.75 Å². The molecule has 0 bridgehead atoms. The van der Waals surface area contributed by atoms with Crippen LogP contribution in [0.3, 0.4) is 0 Å². The van der Waals surface area contributed by atoms with E-state index in [1.807, 2.05) is 6.92 Å². The predicted octanol–water partition coefficient (Wildman–Crippen LogP) is 2.68. The van der Waals surface area contributed by atoms with Crippen LogP contribution < -0.4 is 10.1 Å². The molecule has 8 heteroatoms. The summed E-state index contributed by atoms with van der Waals surface area (Å²) in [5, 5.41) is 12.2. The van der Waals surface area contributed by atoms with Crippen molar-refractivity contribution in [3.63, 3.8) is 0 Å². The number of rotatable bonds is 7. The highest BCUT2D eigenvalue weighted by molar-refractivity contribution is 5.99. The number of aliphatic carboxylic acids is 1. The molecule has 1 fully saturated rings. The first kappa shape index (κ1) is 19.1. The number of carbonyl (C=O) groups is 2. The zero-order valence-electron chi connectivity index (χ0n) is 14.2. The second-order valence-corrected chi connectivity index (χ2v) is 6.44. The van der Waals surface area contributed by atoms with Gasteiger partial charge in [-0.05, 0) is 25.1 Å². The molecule has 1 saturated carbocycles. The van der Waals surface area contributed by atoms with Crippen LogP contribution in [0.2, 0.25) is 0 Å². The van der Waals surface area contributed by atoms with Crippen LogP contribution >= 0.6 is 0 Å². The molecule has 2 atom stereocenters. The summed E-state index contributed by atoms with van der Waals surface area (Å²) >= 11 is 0. The molecule has 2 rings (SSSR count). The lowest BCUT2D eigenvalue weighted by atomic mass is 9.54. The molecule has 0 spiro atoms. The predicted molar refractivity (Wildman–Crippen MR) is 84.7 cm³/mol. The second-order valence-electron chi connectivity index (χ2n) is 6.44. The van der Waals surface area contributed by atoms with Gasteiger partial charge in [0.1, 0.15) is 11.3 Å². The van der Waals surface area contributed by atoms with E-state index in [-0.39, 0.29) is 23.8 Å². The number of carbonyl (C=O) groups excluding carboxylic acids is 1. The van der Waals surface area contributed by atoms with Gasteiger partial charge in [0.15, 0.2) is 0 Å². The molecule has 0 radical (unpaired) electrons. The topological polar surface area (TPSA) is 84.9 Å². The maximum atomic E-state index is 12.5. The summed E-state index contributed by atoms with van der Waals surface area (Å²) in [5.74, 6) is -2.01. The average Bonchev–Trinajstić information content (AvgIpc) is 2.52. The summed E-state index contributed by atoms with van der Waals surface area (Å²) in [5.41, 5.74) is -2.29. The highest BCUT2D eigenvalue weighted by Crippen LogP contribution is 2.51. The highest BCUT2D eigenvalue weighted by Gasteiger charge is 2.66. The van der Waals surface area contributed by atoms with Gasteiger partial charge >= 0.3 is 12.6 Å². The van der Waals surface area contributed by atoms with Crippen molar-refractivity contribution in [2.75, 3.05) is 6.61 Å². The van der Waals surface area contributed by atoms with Crippen LogP contribution in [0.25, 0.3) is 0 Å². The summed E-state index contributed by atoms with van der Waals surface area (Å²) in [6.45, 7) is 2.65. The smallest absolute Gasteiger partial charge is 0.387 e. The Hall–Kier alpha value is -2.22. The highest BCUT2D eigenvalue weighted by atomic mass is 19.3. The van der Waals surface area contributed by atoms with Gasteiger partial charge in [0.05, 0.1) is 6.10 Å². The van der Waals surface area contributed by atoms with Gasteiger partial charge < -0.3 is 19.9 Å². The molecular formula is C17H21F2NO5. The Morgan fingerprint density at radius 2 is 2.08 bits per heavy atom. The molecule has 0 aliphatic heterocycles. The quantitative estimate of drug-likeness (QED) is 0.784. The summed E-state index contributed by atoms with van der Waals surface area (Å²) in [6, 6.07) is 5.21. The number of hydrogen-bond donors (Lipinski definition) is 2. The van der Waals surface area contributed by atoms with Gasteiger partial charge in [-0.3, -0.25) is 4.79 Å². The molecule has 138 valence electrons. The minimum absolute atomic E-state index is 0.0365. The maximum absolute atomic E-state index is 12.5. The maximum Gasteiger partial charge on any atom is 0.387 e. The van der Waals surface area contributed by atoms with Crippen LogP contribution in [0.4, 0.5) is 8.78 Å². The third-order valence-electron chi connectivity index (χ3n) is 4.78. The Kier molecular flexibility index (Phi) is 5.31. The van der Waals surface area contributed by atoms with Crippen LogP contribution in [0.1, 0.15) is 37.6 Å². The van der Waals surface area contributed by atoms with E-state index in [1.54, 1.807) is 13.8 Å². The molecule has 6 nitrogen and oxygen atoms in total. The van der Waals surface area contributed by atoms with Gasteiger partial charge in [-0.2, -0.15) is 8.78 Å². The van der Waals surface area contributed by atoms with E-state index in [0.29, 0.717) is 6.61 Å². The molecule has 1 aliphatic carbocycles. The Labute approximate surface area is 144 Å². The molecule has 1 amide bonds. The van der Waals surface area contributed by atoms with E-state index in [0.717, 1.165) is 6.07 Å². The molecule has 1 aromatic carbocycles. The summed E-state index contributed by atoms with van der Waals surface area (Å²) in [6.07, 6.45) is -0.176. The fourth-order valence-electron chi connectivity index (χ4n) is 3.12. The molecule has 0 saturated heterocycles. The number of amides is 1. The van der Waals surface area contributed by atoms with E-state index in [4.69, 9.17) is 4.74 Å². The second kappa shape index (κ2) is 6.95. The molecule has 0 aromatic heterocycles. The Morgan fingerprint density at radius 3 is 2.60 bits per heavy atom. The van der Waals surface area contributed by atoms with E-state index in [1.165, 1.54) is 18.2 Å². The van der Waals surface area contributed by atoms with Crippen molar-refractivity contribution in [3.05, 3.63) is 29.8 Å². The van der Waals surface area contributed by atoms with Gasteiger partial charge in [-0.1, -0.05) is 19.9 Å². The van der Waals surface area contributed by atoms with E-state index in [2.05, 4.69) is 10.1 Å². The number of benzene rings is 1. The van der Waals surface area contributed by atoms with E-state index < -0.39 is 29.4 Å². The Balaban J connectivity index is 2.21. The first-order valence-corrected chi connectivity index (χ1v) is 7.86. The van der Waals surface area contributed by atoms with Gasteiger partial charge in [0.2, 0.25) is 0 Å². The minimum atomic E-state index is -3.01. The lowest BCUT2D eigenvalue weighted by Crippen LogP contribution is -2.76. The van der Waals surface area contributed by atoms with Crippen molar-refractivity contribution in [1.29, 1.82) is 0 Å². The number of ether oxygens (including phenoxy) is 2. The molecule has 1 aliphatic rings. The van der Waals surface area contributed by atoms with E-state index >= 15 is 0 Å². The molecule has 1 aromatic rings. The number of nitrogens with one attached hydrogen (secondary N) is 1. The van der Waals surface area contributed by atoms with Crippen molar-refractivity contribution in [3.8, 4) is 5.75 Å². The number of alkyl halides is 2. The zero-order chi connectivity index (χ0) is 18.8. The average molecular weight is 357 g/mol. The van der Waals surface area contributed by atoms with Crippen LogP contribution in [0.15, 0.2) is 24.3 Å². The third kappa shape index (κ3) is 3.44. The first-order chi connectivity index (χ1) is 11.6. The number of carboxylic acids is 1. The lowest BCUT2D eigenvalue weighted by molar-refractivity contribution is -0.190. The molecule has 0 heterocycles. The molecular weight excluding hydrogens is 336 g/mol. The van der Waals surface area contributed by atoms with E-state index in [9.17, 15) is 23.5 Å². The summed E-state index contributed by atoms with van der Waals surface area (Å²) < 4.78 is 34.4. The van der Waals surface area contributed by atoms with Crippen LogP contribution in [-0.4, -0.2) is 41.8 Å². The lowest BCUT2D eigenvalue weighted by Gasteiger charge is -2.58. The fourth-order valence-corrected chi connectivity index (χ4v) is 3.12. The van der Waals surface area contributed by atoms with Crippen molar-refractivity contribution in [2.24, 2.45) is 5.41 Å². The fraction of sp³-hybridized carbons (Fsp3) is 0.529.